The molecule has 54 valence electrons. The van der Waals surface area contributed by atoms with E-state index in [1.165, 1.54) is 14.2 Å². The molecule has 0 aromatic heterocycles. The number of hydrogen-bond donors (Lipinski definition) is 1. The van der Waals surface area contributed by atoms with Gasteiger partial charge in [0.25, 0.3) is 5.91 Å². The average Bonchev–Trinajstić information content (AvgIpc) is 1.95. The molecular formula is C5H11NO3. The molecule has 0 saturated carbocycles. The minimum Gasteiger partial charge on any atom is -0.335 e. The second-order valence-electron chi connectivity index (χ2n) is 1.44. The van der Waals surface area contributed by atoms with Gasteiger partial charge >= 0.3 is 0 Å². The maximum absolute atomic E-state index is 10.2. The maximum atomic E-state index is 10.2. The van der Waals surface area contributed by atoms with Crippen molar-refractivity contribution < 1.29 is 14.3 Å². The molecule has 0 aliphatic rings. The fraction of sp³-hybridized carbons (Fsp3) is 0.800. The summed E-state index contributed by atoms with van der Waals surface area (Å²) in [6.07, 6.45) is 0.549. The molecule has 0 atom stereocenters. The van der Waals surface area contributed by atoms with E-state index in [1.807, 2.05) is 0 Å². The van der Waals surface area contributed by atoms with Crippen LogP contribution in [0.2, 0.25) is 0 Å². The molecule has 0 aliphatic heterocycles. The Morgan fingerprint density at radius 1 is 1.44 bits per heavy atom. The molecule has 0 saturated heterocycles. The first kappa shape index (κ1) is 8.55. The Morgan fingerprint density at radius 3 is 1.89 bits per heavy atom. The van der Waals surface area contributed by atoms with Crippen LogP contribution in [-0.4, -0.2) is 33.5 Å². The molecule has 0 aromatic carbocycles. The zero-order valence-corrected chi connectivity index (χ0v) is 5.80. The van der Waals surface area contributed by atoms with Crippen molar-refractivity contribution in [3.8, 4) is 0 Å². The summed E-state index contributed by atoms with van der Waals surface area (Å²) in [6, 6.07) is 0. The van der Waals surface area contributed by atoms with Crippen molar-refractivity contribution >= 4 is 6.29 Å². The maximum Gasteiger partial charge on any atom is 0.286 e. The van der Waals surface area contributed by atoms with Crippen molar-refractivity contribution in [3.63, 3.8) is 0 Å². The van der Waals surface area contributed by atoms with Crippen LogP contribution in [-0.2, 0) is 14.3 Å². The topological polar surface area (TPSA) is 47.6 Å². The van der Waals surface area contributed by atoms with E-state index in [-0.39, 0.29) is 0 Å². The van der Waals surface area contributed by atoms with E-state index in [0.717, 1.165) is 0 Å². The molecule has 4 heteroatoms. The Balaban J connectivity index is 3.98. The molecular weight excluding hydrogens is 122 g/mol. The molecule has 0 radical (unpaired) electrons. The third-order valence-electron chi connectivity index (χ3n) is 1.11. The van der Waals surface area contributed by atoms with Crippen LogP contribution < -0.4 is 5.32 Å². The molecule has 0 unspecified atom stereocenters. The van der Waals surface area contributed by atoms with Gasteiger partial charge in [0.2, 0.25) is 0 Å². The number of methoxy groups -OCH3 is 2. The smallest absolute Gasteiger partial charge is 0.286 e. The average molecular weight is 133 g/mol. The summed E-state index contributed by atoms with van der Waals surface area (Å²) in [4.78, 5) is 10.2. The van der Waals surface area contributed by atoms with Crippen LogP contribution in [0, 0.1) is 0 Å². The van der Waals surface area contributed by atoms with Crippen molar-refractivity contribution in [2.75, 3.05) is 21.3 Å². The molecule has 0 rings (SSSR count). The zero-order chi connectivity index (χ0) is 7.33. The van der Waals surface area contributed by atoms with Crippen molar-refractivity contribution in [1.29, 1.82) is 0 Å². The summed E-state index contributed by atoms with van der Waals surface area (Å²) >= 11 is 0. The monoisotopic (exact) mass is 133 g/mol. The lowest BCUT2D eigenvalue weighted by atomic mass is 10.5. The molecule has 1 N–H and O–H groups in total. The van der Waals surface area contributed by atoms with Crippen LogP contribution >= 0.6 is 0 Å². The molecule has 0 aliphatic carbocycles. The van der Waals surface area contributed by atoms with Gasteiger partial charge in [-0.15, -0.1) is 0 Å². The highest BCUT2D eigenvalue weighted by molar-refractivity contribution is 5.59. The Morgan fingerprint density at radius 2 is 1.89 bits per heavy atom. The van der Waals surface area contributed by atoms with Gasteiger partial charge in [0.15, 0.2) is 6.29 Å². The molecule has 0 heterocycles. The van der Waals surface area contributed by atoms with E-state index >= 15 is 0 Å². The quantitative estimate of drug-likeness (QED) is 0.409. The van der Waals surface area contributed by atoms with Crippen LogP contribution in [0.4, 0.5) is 0 Å². The van der Waals surface area contributed by atoms with Gasteiger partial charge in [-0.1, -0.05) is 0 Å². The number of rotatable bonds is 4. The SMILES string of the molecule is CNC(C=O)(OC)OC. The highest BCUT2D eigenvalue weighted by Gasteiger charge is 2.25. The summed E-state index contributed by atoms with van der Waals surface area (Å²) in [7, 11) is 4.34. The molecule has 0 spiro atoms. The van der Waals surface area contributed by atoms with Crippen molar-refractivity contribution in [3.05, 3.63) is 0 Å². The van der Waals surface area contributed by atoms with Crippen molar-refractivity contribution in [2.45, 2.75) is 5.91 Å². The van der Waals surface area contributed by atoms with E-state index in [0.29, 0.717) is 6.29 Å². The van der Waals surface area contributed by atoms with Crippen LogP contribution in [0.25, 0.3) is 0 Å². The number of aldehydes is 1. The largest absolute Gasteiger partial charge is 0.335 e. The lowest BCUT2D eigenvalue weighted by molar-refractivity contribution is -0.207. The number of nitrogens with one attached hydrogen (secondary N) is 1. The first-order valence-corrected chi connectivity index (χ1v) is 2.50. The first-order chi connectivity index (χ1) is 4.24. The van der Waals surface area contributed by atoms with Gasteiger partial charge in [-0.2, -0.15) is 0 Å². The van der Waals surface area contributed by atoms with Gasteiger partial charge in [-0.25, -0.2) is 0 Å². The first-order valence-electron chi connectivity index (χ1n) is 2.50. The van der Waals surface area contributed by atoms with Gasteiger partial charge in [0, 0.05) is 14.2 Å². The van der Waals surface area contributed by atoms with E-state index in [9.17, 15) is 4.79 Å². The van der Waals surface area contributed by atoms with E-state index < -0.39 is 5.91 Å². The summed E-state index contributed by atoms with van der Waals surface area (Å²) in [5.74, 6) is -1.26. The third kappa shape index (κ3) is 1.74. The van der Waals surface area contributed by atoms with Crippen LogP contribution in [0.3, 0.4) is 0 Å². The van der Waals surface area contributed by atoms with Gasteiger partial charge < -0.3 is 9.47 Å². The standard InChI is InChI=1S/C5H11NO3/c1-6-5(4-7,8-2)9-3/h4,6H,1-3H3. The Kier molecular flexibility index (Phi) is 3.37. The van der Waals surface area contributed by atoms with Gasteiger partial charge in [-0.05, 0) is 7.05 Å². The van der Waals surface area contributed by atoms with E-state index in [2.05, 4.69) is 14.8 Å². The molecule has 0 fully saturated rings. The third-order valence-corrected chi connectivity index (χ3v) is 1.11. The Bertz CT molecular complexity index is 81.9. The highest BCUT2D eigenvalue weighted by Crippen LogP contribution is 1.99. The Labute approximate surface area is 54.1 Å². The lowest BCUT2D eigenvalue weighted by Gasteiger charge is -2.22. The van der Waals surface area contributed by atoms with Crippen molar-refractivity contribution in [2.24, 2.45) is 0 Å². The molecule has 0 bridgehead atoms. The number of carbonyl (C=O) groups excluding carboxylic acids is 1. The van der Waals surface area contributed by atoms with E-state index in [1.54, 1.807) is 7.05 Å². The fourth-order valence-electron chi connectivity index (χ4n) is 0.443. The minimum absolute atomic E-state index is 0.549. The number of likely N-dealkylation sites (N-methyl/N-ethyl adjacent to an activating group) is 1. The zero-order valence-electron chi connectivity index (χ0n) is 5.80. The van der Waals surface area contributed by atoms with Gasteiger partial charge in [-0.3, -0.25) is 10.1 Å². The minimum atomic E-state index is -1.26. The second-order valence-corrected chi connectivity index (χ2v) is 1.44. The number of carbonyl (C=O) groups is 1. The predicted molar refractivity (Wildman–Crippen MR) is 31.9 cm³/mol. The van der Waals surface area contributed by atoms with Gasteiger partial charge in [0.1, 0.15) is 0 Å². The highest BCUT2D eigenvalue weighted by atomic mass is 16.7. The molecule has 0 amide bonds. The van der Waals surface area contributed by atoms with Crippen LogP contribution in [0.5, 0.6) is 0 Å². The van der Waals surface area contributed by atoms with Crippen molar-refractivity contribution in [1.82, 2.24) is 5.32 Å². The fourth-order valence-corrected chi connectivity index (χ4v) is 0.443. The van der Waals surface area contributed by atoms with Crippen LogP contribution in [0.1, 0.15) is 0 Å². The molecule has 9 heavy (non-hydrogen) atoms. The number of ether oxygens (including phenoxy) is 2. The normalized spacial score (nSPS) is 11.4. The summed E-state index contributed by atoms with van der Waals surface area (Å²) in [5.41, 5.74) is 0. The summed E-state index contributed by atoms with van der Waals surface area (Å²) < 4.78 is 9.37. The van der Waals surface area contributed by atoms with E-state index in [4.69, 9.17) is 0 Å². The lowest BCUT2D eigenvalue weighted by Crippen LogP contribution is -2.48. The molecule has 0 aromatic rings. The number of hydrogen-bond acceptors (Lipinski definition) is 4. The summed E-state index contributed by atoms with van der Waals surface area (Å²) in [5, 5.41) is 2.55. The van der Waals surface area contributed by atoms with Gasteiger partial charge in [0.05, 0.1) is 0 Å². The Hall–Kier alpha value is -0.450. The summed E-state index contributed by atoms with van der Waals surface area (Å²) in [6.45, 7) is 0. The second kappa shape index (κ2) is 3.55. The predicted octanol–water partition coefficient (Wildman–Crippen LogP) is -0.649. The molecule has 4 nitrogen and oxygen atoms in total. The van der Waals surface area contributed by atoms with Crippen LogP contribution in [0.15, 0.2) is 0 Å².